The van der Waals surface area contributed by atoms with Gasteiger partial charge in [0.1, 0.15) is 11.7 Å². The third-order valence-corrected chi connectivity index (χ3v) is 3.87. The van der Waals surface area contributed by atoms with Crippen molar-refractivity contribution in [2.75, 3.05) is 19.3 Å². The van der Waals surface area contributed by atoms with Crippen LogP contribution in [0.15, 0.2) is 18.3 Å². The number of hydrogen-bond donors (Lipinski definition) is 0. The molecule has 0 spiro atoms. The fourth-order valence-corrected chi connectivity index (χ4v) is 2.48. The van der Waals surface area contributed by atoms with Gasteiger partial charge in [-0.05, 0) is 12.1 Å². The lowest BCUT2D eigenvalue weighted by atomic mass is 10.2. The Balaban J connectivity index is 2.07. The number of hydrogen-bond acceptors (Lipinski definition) is 4. The molecule has 2 rings (SSSR count). The van der Waals surface area contributed by atoms with Gasteiger partial charge in [-0.25, -0.2) is 13.4 Å². The number of sulfonamides is 1. The van der Waals surface area contributed by atoms with Crippen LogP contribution in [0.2, 0.25) is 0 Å². The lowest BCUT2D eigenvalue weighted by Gasteiger charge is -2.36. The van der Waals surface area contributed by atoms with E-state index in [4.69, 9.17) is 4.74 Å². The highest BCUT2D eigenvalue weighted by molar-refractivity contribution is 7.88. The zero-order valence-electron chi connectivity index (χ0n) is 9.88. The summed E-state index contributed by atoms with van der Waals surface area (Å²) >= 11 is 0. The van der Waals surface area contributed by atoms with E-state index in [2.05, 4.69) is 4.98 Å². The van der Waals surface area contributed by atoms with Crippen LogP contribution < -0.4 is 4.74 Å². The molecule has 106 valence electrons. The molecule has 1 fully saturated rings. The minimum absolute atomic E-state index is 0.0344. The molecule has 2 heterocycles. The second-order valence-corrected chi connectivity index (χ2v) is 6.16. The molecule has 9 heteroatoms. The largest absolute Gasteiger partial charge is 0.471 e. The molecule has 0 saturated carbocycles. The predicted octanol–water partition coefficient (Wildman–Crippen LogP) is 1.12. The van der Waals surface area contributed by atoms with Crippen LogP contribution in [0.4, 0.5) is 13.2 Å². The van der Waals surface area contributed by atoms with Gasteiger partial charge in [-0.1, -0.05) is 0 Å². The van der Waals surface area contributed by atoms with Gasteiger partial charge >= 0.3 is 6.18 Å². The average Bonchev–Trinajstić information content (AvgIpc) is 2.20. The zero-order valence-corrected chi connectivity index (χ0v) is 10.7. The van der Waals surface area contributed by atoms with Crippen molar-refractivity contribution in [3.8, 4) is 5.88 Å². The molecule has 0 radical (unpaired) electrons. The van der Waals surface area contributed by atoms with Gasteiger partial charge in [-0.2, -0.15) is 17.5 Å². The fourth-order valence-electron chi connectivity index (χ4n) is 1.60. The number of alkyl halides is 3. The van der Waals surface area contributed by atoms with Crippen molar-refractivity contribution in [3.63, 3.8) is 0 Å². The van der Waals surface area contributed by atoms with Gasteiger partial charge in [0.2, 0.25) is 15.9 Å². The Morgan fingerprint density at radius 3 is 2.58 bits per heavy atom. The molecule has 0 amide bonds. The molecule has 1 aliphatic heterocycles. The van der Waals surface area contributed by atoms with Crippen LogP contribution in [0, 0.1) is 0 Å². The van der Waals surface area contributed by atoms with E-state index in [1.165, 1.54) is 12.3 Å². The number of rotatable bonds is 3. The van der Waals surface area contributed by atoms with Crippen molar-refractivity contribution in [2.45, 2.75) is 12.3 Å². The van der Waals surface area contributed by atoms with E-state index < -0.39 is 33.7 Å². The molecule has 0 N–H and O–H groups in total. The molecule has 19 heavy (non-hydrogen) atoms. The van der Waals surface area contributed by atoms with E-state index in [1.807, 2.05) is 0 Å². The van der Waals surface area contributed by atoms with Crippen molar-refractivity contribution in [1.29, 1.82) is 0 Å². The van der Waals surface area contributed by atoms with Crippen LogP contribution >= 0.6 is 0 Å². The minimum Gasteiger partial charge on any atom is -0.471 e. The maximum atomic E-state index is 12.7. The second kappa shape index (κ2) is 4.64. The van der Waals surface area contributed by atoms with Crippen LogP contribution in [-0.2, 0) is 16.2 Å². The average molecular weight is 296 g/mol. The molecule has 1 saturated heterocycles. The van der Waals surface area contributed by atoms with Gasteiger partial charge < -0.3 is 4.74 Å². The molecule has 1 aromatic rings. The van der Waals surface area contributed by atoms with Gasteiger partial charge in [0.25, 0.3) is 0 Å². The van der Waals surface area contributed by atoms with Crippen molar-refractivity contribution in [3.05, 3.63) is 23.9 Å². The summed E-state index contributed by atoms with van der Waals surface area (Å²) in [6.45, 7) is 0.0689. The molecule has 0 unspecified atom stereocenters. The van der Waals surface area contributed by atoms with Gasteiger partial charge in [-0.3, -0.25) is 0 Å². The first-order valence-electron chi connectivity index (χ1n) is 5.32. The Morgan fingerprint density at radius 1 is 1.42 bits per heavy atom. The van der Waals surface area contributed by atoms with Crippen LogP contribution in [-0.4, -0.2) is 43.2 Å². The summed E-state index contributed by atoms with van der Waals surface area (Å²) < 4.78 is 66.4. The maximum absolute atomic E-state index is 12.7. The first-order chi connectivity index (χ1) is 8.68. The number of nitrogens with zero attached hydrogens (tertiary/aromatic N) is 2. The minimum atomic E-state index is -4.55. The topological polar surface area (TPSA) is 59.5 Å². The Hall–Kier alpha value is -1.35. The smallest absolute Gasteiger partial charge is 0.421 e. The molecule has 0 atom stereocenters. The zero-order chi connectivity index (χ0) is 14.3. The lowest BCUT2D eigenvalue weighted by molar-refractivity contribution is -0.140. The number of halogens is 3. The number of ether oxygens (including phenoxy) is 1. The monoisotopic (exact) mass is 296 g/mol. The quantitative estimate of drug-likeness (QED) is 0.839. The molecule has 0 aromatic carbocycles. The van der Waals surface area contributed by atoms with Gasteiger partial charge in [0.05, 0.1) is 19.3 Å². The van der Waals surface area contributed by atoms with Crippen molar-refractivity contribution in [2.24, 2.45) is 0 Å². The van der Waals surface area contributed by atoms with Crippen molar-refractivity contribution >= 4 is 10.0 Å². The summed E-state index contributed by atoms with van der Waals surface area (Å²) in [6, 6.07) is 2.04. The Morgan fingerprint density at radius 2 is 2.05 bits per heavy atom. The first-order valence-corrected chi connectivity index (χ1v) is 7.17. The van der Waals surface area contributed by atoms with Gasteiger partial charge in [-0.15, -0.1) is 0 Å². The van der Waals surface area contributed by atoms with E-state index in [0.29, 0.717) is 0 Å². The van der Waals surface area contributed by atoms with E-state index >= 15 is 0 Å². The third-order valence-electron chi connectivity index (χ3n) is 2.64. The van der Waals surface area contributed by atoms with Crippen LogP contribution in [0.1, 0.15) is 5.56 Å². The second-order valence-electron chi connectivity index (χ2n) is 4.17. The molecule has 1 aliphatic rings. The highest BCUT2D eigenvalue weighted by Gasteiger charge is 2.39. The Kier molecular flexibility index (Phi) is 3.43. The lowest BCUT2D eigenvalue weighted by Crippen LogP contribution is -2.55. The molecule has 0 aliphatic carbocycles. The number of pyridine rings is 1. The summed E-state index contributed by atoms with van der Waals surface area (Å²) in [5.74, 6) is -0.520. The van der Waals surface area contributed by atoms with E-state index in [0.717, 1.165) is 16.6 Å². The van der Waals surface area contributed by atoms with Crippen LogP contribution in [0.5, 0.6) is 5.88 Å². The summed E-state index contributed by atoms with van der Waals surface area (Å²) in [4.78, 5) is 3.54. The summed E-state index contributed by atoms with van der Waals surface area (Å²) in [6.07, 6.45) is -2.93. The van der Waals surface area contributed by atoms with E-state index in [9.17, 15) is 21.6 Å². The van der Waals surface area contributed by atoms with Gasteiger partial charge in [0, 0.05) is 6.20 Å². The predicted molar refractivity (Wildman–Crippen MR) is 60.1 cm³/mol. The molecular weight excluding hydrogens is 285 g/mol. The van der Waals surface area contributed by atoms with Crippen molar-refractivity contribution in [1.82, 2.24) is 9.29 Å². The highest BCUT2D eigenvalue weighted by Crippen LogP contribution is 2.35. The SMILES string of the molecule is CS(=O)(=O)N1CC(Oc2ncccc2C(F)(F)F)C1. The van der Waals surface area contributed by atoms with Gasteiger partial charge in [0.15, 0.2) is 0 Å². The fraction of sp³-hybridized carbons (Fsp3) is 0.500. The molecular formula is C10H11F3N2O3S. The first kappa shape index (κ1) is 14.1. The Bertz CT molecular complexity index is 568. The van der Waals surface area contributed by atoms with E-state index in [1.54, 1.807) is 0 Å². The molecule has 5 nitrogen and oxygen atoms in total. The van der Waals surface area contributed by atoms with Crippen molar-refractivity contribution < 1.29 is 26.3 Å². The standard InChI is InChI=1S/C10H11F3N2O3S/c1-19(16,17)15-5-7(6-15)18-9-8(10(11,12)13)3-2-4-14-9/h2-4,7H,5-6H2,1H3. The summed E-state index contributed by atoms with van der Waals surface area (Å²) in [7, 11) is -3.32. The van der Waals surface area contributed by atoms with Crippen LogP contribution in [0.25, 0.3) is 0 Å². The third kappa shape index (κ3) is 3.16. The molecule has 0 bridgehead atoms. The van der Waals surface area contributed by atoms with Crippen LogP contribution in [0.3, 0.4) is 0 Å². The highest BCUT2D eigenvalue weighted by atomic mass is 32.2. The summed E-state index contributed by atoms with van der Waals surface area (Å²) in [5, 5.41) is 0. The maximum Gasteiger partial charge on any atom is 0.421 e. The molecule has 1 aromatic heterocycles. The normalized spacial score (nSPS) is 18.1. The number of aromatic nitrogens is 1. The Labute approximate surface area is 108 Å². The van der Waals surface area contributed by atoms with E-state index in [-0.39, 0.29) is 13.1 Å². The summed E-state index contributed by atoms with van der Waals surface area (Å²) in [5.41, 5.74) is -0.965.